The monoisotopic (exact) mass is 214 g/mol. The molecule has 1 rings (SSSR count). The van der Waals surface area contributed by atoms with Crippen LogP contribution in [0.5, 0.6) is 0 Å². The second-order valence-electron chi connectivity index (χ2n) is 4.80. The lowest BCUT2D eigenvalue weighted by atomic mass is 9.75. The van der Waals surface area contributed by atoms with Gasteiger partial charge in [-0.1, -0.05) is 26.2 Å². The number of esters is 1. The van der Waals surface area contributed by atoms with Gasteiger partial charge in [-0.05, 0) is 32.1 Å². The van der Waals surface area contributed by atoms with Crippen molar-refractivity contribution in [2.75, 3.05) is 6.61 Å². The van der Waals surface area contributed by atoms with Gasteiger partial charge in [0, 0.05) is 0 Å². The van der Waals surface area contributed by atoms with Crippen LogP contribution in [0, 0.1) is 11.8 Å². The van der Waals surface area contributed by atoms with Crippen molar-refractivity contribution >= 4 is 5.97 Å². The van der Waals surface area contributed by atoms with Crippen LogP contribution in [0.1, 0.15) is 46.5 Å². The van der Waals surface area contributed by atoms with Crippen LogP contribution in [0.15, 0.2) is 0 Å². The topological polar surface area (TPSA) is 46.5 Å². The smallest absolute Gasteiger partial charge is 0.338 e. The Balaban J connectivity index is 2.46. The van der Waals surface area contributed by atoms with Crippen LogP contribution in [0.4, 0.5) is 0 Å². The molecule has 0 aromatic heterocycles. The Kier molecular flexibility index (Phi) is 4.14. The maximum atomic E-state index is 11.5. The summed E-state index contributed by atoms with van der Waals surface area (Å²) in [5, 5.41) is 10.1. The highest BCUT2D eigenvalue weighted by Crippen LogP contribution is 2.35. The highest BCUT2D eigenvalue weighted by atomic mass is 16.5. The van der Waals surface area contributed by atoms with Crippen LogP contribution in [-0.4, -0.2) is 23.3 Å². The standard InChI is InChI=1S/C12H22O3/c1-4-15-11(13)12(3,14)9(2)8-10-6-5-7-10/h9-10,14H,4-8H2,1-3H3. The van der Waals surface area contributed by atoms with E-state index < -0.39 is 11.6 Å². The lowest BCUT2D eigenvalue weighted by Gasteiger charge is -2.34. The lowest BCUT2D eigenvalue weighted by molar-refractivity contribution is -0.169. The van der Waals surface area contributed by atoms with Crippen molar-refractivity contribution in [3.63, 3.8) is 0 Å². The molecule has 1 fully saturated rings. The third kappa shape index (κ3) is 2.94. The van der Waals surface area contributed by atoms with Gasteiger partial charge in [-0.2, -0.15) is 0 Å². The van der Waals surface area contributed by atoms with E-state index >= 15 is 0 Å². The molecule has 0 heterocycles. The molecule has 88 valence electrons. The van der Waals surface area contributed by atoms with Gasteiger partial charge in [-0.15, -0.1) is 0 Å². The van der Waals surface area contributed by atoms with Crippen molar-refractivity contribution < 1.29 is 14.6 Å². The van der Waals surface area contributed by atoms with Gasteiger partial charge in [-0.3, -0.25) is 0 Å². The van der Waals surface area contributed by atoms with Gasteiger partial charge in [0.25, 0.3) is 0 Å². The first kappa shape index (κ1) is 12.5. The third-order valence-electron chi connectivity index (χ3n) is 3.56. The van der Waals surface area contributed by atoms with E-state index in [4.69, 9.17) is 4.74 Å². The molecule has 1 N–H and O–H groups in total. The Morgan fingerprint density at radius 3 is 2.60 bits per heavy atom. The largest absolute Gasteiger partial charge is 0.464 e. The first-order valence-electron chi connectivity index (χ1n) is 5.88. The minimum Gasteiger partial charge on any atom is -0.464 e. The first-order chi connectivity index (χ1) is 6.98. The molecule has 15 heavy (non-hydrogen) atoms. The summed E-state index contributed by atoms with van der Waals surface area (Å²) in [5.41, 5.74) is -1.33. The van der Waals surface area contributed by atoms with E-state index in [1.54, 1.807) is 13.8 Å². The number of carbonyl (C=O) groups is 1. The maximum Gasteiger partial charge on any atom is 0.338 e. The third-order valence-corrected chi connectivity index (χ3v) is 3.56. The average molecular weight is 214 g/mol. The van der Waals surface area contributed by atoms with E-state index in [1.165, 1.54) is 19.3 Å². The van der Waals surface area contributed by atoms with Gasteiger partial charge in [0.2, 0.25) is 0 Å². The highest BCUT2D eigenvalue weighted by Gasteiger charge is 2.39. The molecule has 2 atom stereocenters. The quantitative estimate of drug-likeness (QED) is 0.713. The van der Waals surface area contributed by atoms with Crippen LogP contribution in [0.2, 0.25) is 0 Å². The summed E-state index contributed by atoms with van der Waals surface area (Å²) in [5.74, 6) is 0.180. The second kappa shape index (κ2) is 4.97. The zero-order chi connectivity index (χ0) is 11.5. The Morgan fingerprint density at radius 2 is 2.20 bits per heavy atom. The molecular formula is C12H22O3. The molecule has 2 unspecified atom stereocenters. The van der Waals surface area contributed by atoms with Gasteiger partial charge in [-0.25, -0.2) is 4.79 Å². The van der Waals surface area contributed by atoms with Crippen molar-refractivity contribution in [2.45, 2.75) is 52.1 Å². The lowest BCUT2D eigenvalue weighted by Crippen LogP contribution is -2.44. The molecule has 0 radical (unpaired) electrons. The number of hydrogen-bond acceptors (Lipinski definition) is 3. The fraction of sp³-hybridized carbons (Fsp3) is 0.917. The Labute approximate surface area is 91.8 Å². The summed E-state index contributed by atoms with van der Waals surface area (Å²) in [4.78, 5) is 11.5. The molecule has 1 aliphatic rings. The maximum absolute atomic E-state index is 11.5. The van der Waals surface area contributed by atoms with Crippen LogP contribution in [0.25, 0.3) is 0 Å². The van der Waals surface area contributed by atoms with Crippen molar-refractivity contribution in [1.82, 2.24) is 0 Å². The Hall–Kier alpha value is -0.570. The number of rotatable bonds is 5. The molecule has 1 saturated carbocycles. The number of ether oxygens (including phenoxy) is 1. The van der Waals surface area contributed by atoms with Crippen molar-refractivity contribution in [3.8, 4) is 0 Å². The number of carbonyl (C=O) groups excluding carboxylic acids is 1. The summed E-state index contributed by atoms with van der Waals surface area (Å²) in [6.45, 7) is 5.57. The van der Waals surface area contributed by atoms with Crippen LogP contribution >= 0.6 is 0 Å². The zero-order valence-corrected chi connectivity index (χ0v) is 9.95. The summed E-state index contributed by atoms with van der Waals surface area (Å²) < 4.78 is 4.87. The summed E-state index contributed by atoms with van der Waals surface area (Å²) >= 11 is 0. The Bertz CT molecular complexity index is 219. The molecule has 0 aromatic carbocycles. The van der Waals surface area contributed by atoms with Crippen molar-refractivity contribution in [1.29, 1.82) is 0 Å². The van der Waals surface area contributed by atoms with E-state index in [9.17, 15) is 9.90 Å². The van der Waals surface area contributed by atoms with Gasteiger partial charge in [0.15, 0.2) is 5.60 Å². The molecule has 0 spiro atoms. The van der Waals surface area contributed by atoms with E-state index in [2.05, 4.69) is 0 Å². The second-order valence-corrected chi connectivity index (χ2v) is 4.80. The van der Waals surface area contributed by atoms with E-state index in [0.717, 1.165) is 6.42 Å². The van der Waals surface area contributed by atoms with Crippen LogP contribution < -0.4 is 0 Å². The fourth-order valence-corrected chi connectivity index (χ4v) is 1.94. The van der Waals surface area contributed by atoms with Crippen LogP contribution in [0.3, 0.4) is 0 Å². The van der Waals surface area contributed by atoms with Crippen LogP contribution in [-0.2, 0) is 9.53 Å². The summed E-state index contributed by atoms with van der Waals surface area (Å²) in [6.07, 6.45) is 4.69. The summed E-state index contributed by atoms with van der Waals surface area (Å²) in [6, 6.07) is 0. The molecule has 0 aromatic rings. The fourth-order valence-electron chi connectivity index (χ4n) is 1.94. The zero-order valence-electron chi connectivity index (χ0n) is 9.95. The van der Waals surface area contributed by atoms with Crippen molar-refractivity contribution in [2.24, 2.45) is 11.8 Å². The van der Waals surface area contributed by atoms with E-state index in [0.29, 0.717) is 12.5 Å². The molecule has 1 aliphatic carbocycles. The number of hydrogen-bond donors (Lipinski definition) is 1. The number of aliphatic hydroxyl groups is 1. The Morgan fingerprint density at radius 1 is 1.60 bits per heavy atom. The molecule has 0 saturated heterocycles. The average Bonchev–Trinajstić information content (AvgIpc) is 2.11. The molecule has 0 amide bonds. The van der Waals surface area contributed by atoms with Gasteiger partial charge < -0.3 is 9.84 Å². The normalized spacial score (nSPS) is 22.7. The molecular weight excluding hydrogens is 192 g/mol. The van der Waals surface area contributed by atoms with E-state index in [-0.39, 0.29) is 5.92 Å². The first-order valence-corrected chi connectivity index (χ1v) is 5.88. The molecule has 3 heteroatoms. The predicted molar refractivity (Wildman–Crippen MR) is 58.4 cm³/mol. The van der Waals surface area contributed by atoms with Gasteiger partial charge in [0.05, 0.1) is 6.61 Å². The highest BCUT2D eigenvalue weighted by molar-refractivity contribution is 5.79. The molecule has 0 bridgehead atoms. The molecule has 0 aliphatic heterocycles. The van der Waals surface area contributed by atoms with E-state index in [1.807, 2.05) is 6.92 Å². The summed E-state index contributed by atoms with van der Waals surface area (Å²) in [7, 11) is 0. The minimum absolute atomic E-state index is 0.0261. The SMILES string of the molecule is CCOC(=O)C(C)(O)C(C)CC1CCC1. The molecule has 3 nitrogen and oxygen atoms in total. The van der Waals surface area contributed by atoms with Gasteiger partial charge in [0.1, 0.15) is 0 Å². The van der Waals surface area contributed by atoms with Crippen molar-refractivity contribution in [3.05, 3.63) is 0 Å². The predicted octanol–water partition coefficient (Wildman–Crippen LogP) is 2.13. The minimum atomic E-state index is -1.33. The van der Waals surface area contributed by atoms with Gasteiger partial charge >= 0.3 is 5.97 Å².